The summed E-state index contributed by atoms with van der Waals surface area (Å²) in [6, 6.07) is -0.277. The summed E-state index contributed by atoms with van der Waals surface area (Å²) in [5.74, 6) is 0.219. The van der Waals surface area contributed by atoms with Crippen LogP contribution in [0, 0.1) is 0 Å². The van der Waals surface area contributed by atoms with E-state index in [-0.39, 0.29) is 11.8 Å². The predicted octanol–water partition coefficient (Wildman–Crippen LogP) is 3.06. The SMILES string of the molecule is CCCCCCCCC(=O)C(N)CCCOC. The van der Waals surface area contributed by atoms with E-state index in [0.717, 1.165) is 25.7 Å². The fourth-order valence-electron chi connectivity index (χ4n) is 1.87. The molecule has 3 heteroatoms. The van der Waals surface area contributed by atoms with Gasteiger partial charge in [-0.25, -0.2) is 0 Å². The van der Waals surface area contributed by atoms with Gasteiger partial charge in [-0.3, -0.25) is 4.79 Å². The number of ether oxygens (including phenoxy) is 1. The Hall–Kier alpha value is -0.410. The molecule has 0 aromatic rings. The number of rotatable bonds is 12. The van der Waals surface area contributed by atoms with E-state index in [1.54, 1.807) is 7.11 Å². The van der Waals surface area contributed by atoms with Gasteiger partial charge in [0.1, 0.15) is 5.78 Å². The Labute approximate surface area is 106 Å². The van der Waals surface area contributed by atoms with Crippen LogP contribution >= 0.6 is 0 Å². The number of carbonyl (C=O) groups is 1. The number of ketones is 1. The first-order valence-corrected chi connectivity index (χ1v) is 6.99. The van der Waals surface area contributed by atoms with Crippen molar-refractivity contribution >= 4 is 5.78 Å². The maximum absolute atomic E-state index is 11.7. The summed E-state index contributed by atoms with van der Waals surface area (Å²) in [7, 11) is 1.67. The zero-order chi connectivity index (χ0) is 12.9. The summed E-state index contributed by atoms with van der Waals surface area (Å²) in [4.78, 5) is 11.7. The third kappa shape index (κ3) is 10.5. The zero-order valence-corrected chi connectivity index (χ0v) is 11.5. The second-order valence-corrected chi connectivity index (χ2v) is 4.73. The van der Waals surface area contributed by atoms with Crippen LogP contribution in [0.5, 0.6) is 0 Å². The number of carbonyl (C=O) groups excluding carboxylic acids is 1. The van der Waals surface area contributed by atoms with Crippen molar-refractivity contribution in [3.63, 3.8) is 0 Å². The van der Waals surface area contributed by atoms with E-state index in [1.807, 2.05) is 0 Å². The average molecular weight is 243 g/mol. The Morgan fingerprint density at radius 3 is 2.41 bits per heavy atom. The molecule has 0 bridgehead atoms. The monoisotopic (exact) mass is 243 g/mol. The van der Waals surface area contributed by atoms with Crippen LogP contribution in [0.3, 0.4) is 0 Å². The number of nitrogens with two attached hydrogens (primary N) is 1. The van der Waals surface area contributed by atoms with Crippen LogP contribution in [0.2, 0.25) is 0 Å². The highest BCUT2D eigenvalue weighted by atomic mass is 16.5. The average Bonchev–Trinajstić information content (AvgIpc) is 2.33. The Morgan fingerprint density at radius 2 is 1.76 bits per heavy atom. The summed E-state index contributed by atoms with van der Waals surface area (Å²) >= 11 is 0. The molecule has 0 amide bonds. The molecule has 1 atom stereocenters. The van der Waals surface area contributed by atoms with Gasteiger partial charge in [0, 0.05) is 20.1 Å². The fourth-order valence-corrected chi connectivity index (χ4v) is 1.87. The highest BCUT2D eigenvalue weighted by molar-refractivity contribution is 5.83. The van der Waals surface area contributed by atoms with Crippen molar-refractivity contribution in [2.24, 2.45) is 5.73 Å². The lowest BCUT2D eigenvalue weighted by molar-refractivity contribution is -0.120. The summed E-state index contributed by atoms with van der Waals surface area (Å²) in [5, 5.41) is 0. The van der Waals surface area contributed by atoms with Gasteiger partial charge in [-0.15, -0.1) is 0 Å². The second-order valence-electron chi connectivity index (χ2n) is 4.73. The van der Waals surface area contributed by atoms with E-state index >= 15 is 0 Å². The molecule has 0 aromatic carbocycles. The van der Waals surface area contributed by atoms with Crippen LogP contribution in [0.25, 0.3) is 0 Å². The zero-order valence-electron chi connectivity index (χ0n) is 11.5. The van der Waals surface area contributed by atoms with Crippen LogP contribution in [0.4, 0.5) is 0 Å². The van der Waals surface area contributed by atoms with Gasteiger partial charge in [0.2, 0.25) is 0 Å². The summed E-state index contributed by atoms with van der Waals surface area (Å²) in [5.41, 5.74) is 5.82. The van der Waals surface area contributed by atoms with E-state index in [9.17, 15) is 4.79 Å². The van der Waals surface area contributed by atoms with Crippen LogP contribution in [-0.2, 0) is 9.53 Å². The molecule has 0 aliphatic rings. The maximum atomic E-state index is 11.7. The molecule has 3 nitrogen and oxygen atoms in total. The van der Waals surface area contributed by atoms with E-state index in [4.69, 9.17) is 10.5 Å². The van der Waals surface area contributed by atoms with Gasteiger partial charge in [0.15, 0.2) is 0 Å². The molecule has 102 valence electrons. The van der Waals surface area contributed by atoms with E-state index < -0.39 is 0 Å². The molecular formula is C14H29NO2. The van der Waals surface area contributed by atoms with Gasteiger partial charge in [-0.05, 0) is 19.3 Å². The molecule has 1 unspecified atom stereocenters. The lowest BCUT2D eigenvalue weighted by Gasteiger charge is -2.09. The summed E-state index contributed by atoms with van der Waals surface area (Å²) in [6.07, 6.45) is 9.57. The summed E-state index contributed by atoms with van der Waals surface area (Å²) in [6.45, 7) is 2.90. The van der Waals surface area contributed by atoms with Crippen molar-refractivity contribution in [1.29, 1.82) is 0 Å². The highest BCUT2D eigenvalue weighted by Gasteiger charge is 2.12. The van der Waals surface area contributed by atoms with Crippen molar-refractivity contribution in [2.45, 2.75) is 70.8 Å². The quantitative estimate of drug-likeness (QED) is 0.536. The molecule has 0 heterocycles. The summed E-state index contributed by atoms with van der Waals surface area (Å²) < 4.78 is 4.94. The number of Topliss-reactive ketones (excluding diaryl/α,β-unsaturated/α-hetero) is 1. The number of unbranched alkanes of at least 4 members (excludes halogenated alkanes) is 5. The number of methoxy groups -OCH3 is 1. The van der Waals surface area contributed by atoms with Crippen molar-refractivity contribution < 1.29 is 9.53 Å². The minimum absolute atomic E-state index is 0.219. The smallest absolute Gasteiger partial charge is 0.149 e. The Bertz CT molecular complexity index is 183. The maximum Gasteiger partial charge on any atom is 0.149 e. The normalized spacial score (nSPS) is 12.6. The van der Waals surface area contributed by atoms with Gasteiger partial charge < -0.3 is 10.5 Å². The van der Waals surface area contributed by atoms with Crippen LogP contribution < -0.4 is 5.73 Å². The van der Waals surface area contributed by atoms with Gasteiger partial charge in [0.05, 0.1) is 6.04 Å². The molecule has 0 aliphatic carbocycles. The van der Waals surface area contributed by atoms with Crippen molar-refractivity contribution in [2.75, 3.05) is 13.7 Å². The van der Waals surface area contributed by atoms with Gasteiger partial charge in [-0.1, -0.05) is 39.0 Å². The van der Waals surface area contributed by atoms with Crippen molar-refractivity contribution in [1.82, 2.24) is 0 Å². The van der Waals surface area contributed by atoms with Crippen LogP contribution in [-0.4, -0.2) is 25.5 Å². The molecule has 17 heavy (non-hydrogen) atoms. The minimum atomic E-state index is -0.277. The Kier molecular flexibility index (Phi) is 11.8. The number of hydrogen-bond acceptors (Lipinski definition) is 3. The first kappa shape index (κ1) is 16.6. The topological polar surface area (TPSA) is 52.3 Å². The number of hydrogen-bond donors (Lipinski definition) is 1. The lowest BCUT2D eigenvalue weighted by Crippen LogP contribution is -2.30. The molecule has 0 fully saturated rings. The molecular weight excluding hydrogens is 214 g/mol. The standard InChI is InChI=1S/C14H29NO2/c1-3-4-5-6-7-8-11-14(16)13(15)10-9-12-17-2/h13H,3-12,15H2,1-2H3. The predicted molar refractivity (Wildman–Crippen MR) is 72.1 cm³/mol. The first-order chi connectivity index (χ1) is 8.22. The van der Waals surface area contributed by atoms with E-state index in [1.165, 1.54) is 25.7 Å². The Balaban J connectivity index is 3.37. The Morgan fingerprint density at radius 1 is 1.12 bits per heavy atom. The first-order valence-electron chi connectivity index (χ1n) is 6.99. The van der Waals surface area contributed by atoms with Gasteiger partial charge in [0.25, 0.3) is 0 Å². The fraction of sp³-hybridized carbons (Fsp3) is 0.929. The van der Waals surface area contributed by atoms with E-state index in [0.29, 0.717) is 13.0 Å². The van der Waals surface area contributed by atoms with Gasteiger partial charge in [-0.2, -0.15) is 0 Å². The van der Waals surface area contributed by atoms with E-state index in [2.05, 4.69) is 6.92 Å². The molecule has 0 aliphatic heterocycles. The van der Waals surface area contributed by atoms with Gasteiger partial charge >= 0.3 is 0 Å². The molecule has 0 rings (SSSR count). The van der Waals surface area contributed by atoms with Crippen LogP contribution in [0.1, 0.15) is 64.7 Å². The molecule has 2 N–H and O–H groups in total. The minimum Gasteiger partial charge on any atom is -0.385 e. The second kappa shape index (κ2) is 12.1. The molecule has 0 spiro atoms. The third-order valence-corrected chi connectivity index (χ3v) is 3.05. The van der Waals surface area contributed by atoms with Crippen molar-refractivity contribution in [3.05, 3.63) is 0 Å². The van der Waals surface area contributed by atoms with Crippen molar-refractivity contribution in [3.8, 4) is 0 Å². The molecule has 0 saturated carbocycles. The third-order valence-electron chi connectivity index (χ3n) is 3.05. The lowest BCUT2D eigenvalue weighted by atomic mass is 10.0. The molecule has 0 radical (unpaired) electrons. The molecule has 0 aromatic heterocycles. The molecule has 0 saturated heterocycles. The van der Waals surface area contributed by atoms with Crippen LogP contribution in [0.15, 0.2) is 0 Å². The largest absolute Gasteiger partial charge is 0.385 e. The highest BCUT2D eigenvalue weighted by Crippen LogP contribution is 2.09.